The fourth-order valence-corrected chi connectivity index (χ4v) is 4.88. The molecule has 4 heterocycles. The second kappa shape index (κ2) is 8.35. The smallest absolute Gasteiger partial charge is 0.222 e. The molecule has 2 aromatic rings. The highest BCUT2D eigenvalue weighted by Gasteiger charge is 2.26. The highest BCUT2D eigenvalue weighted by Crippen LogP contribution is 2.30. The third kappa shape index (κ3) is 4.18. The Hall–Kier alpha value is -1.66. The van der Waals surface area contributed by atoms with Crippen LogP contribution in [0.4, 0.5) is 0 Å². The first-order valence-corrected chi connectivity index (χ1v) is 10.7. The third-order valence-electron chi connectivity index (χ3n) is 5.83. The van der Waals surface area contributed by atoms with Crippen molar-refractivity contribution in [2.24, 2.45) is 0 Å². The second-order valence-electron chi connectivity index (χ2n) is 7.51. The monoisotopic (exact) mass is 372 g/mol. The fourth-order valence-electron chi connectivity index (χ4n) is 4.17. The van der Waals surface area contributed by atoms with E-state index in [0.717, 1.165) is 45.4 Å². The molecule has 0 unspecified atom stereocenters. The maximum absolute atomic E-state index is 12.5. The van der Waals surface area contributed by atoms with Crippen LogP contribution in [0, 0.1) is 0 Å². The lowest BCUT2D eigenvalue weighted by Crippen LogP contribution is -2.38. The maximum Gasteiger partial charge on any atom is 0.222 e. The lowest BCUT2D eigenvalue weighted by molar-refractivity contribution is -0.132. The number of nitrogens with one attached hydrogen (secondary N) is 2. The van der Waals surface area contributed by atoms with E-state index in [1.165, 1.54) is 29.1 Å². The molecule has 2 aliphatic heterocycles. The third-order valence-corrected chi connectivity index (χ3v) is 6.76. The number of nitrogens with zero attached hydrogens (tertiary/aromatic N) is 2. The largest absolute Gasteiger partial charge is 0.343 e. The van der Waals surface area contributed by atoms with Gasteiger partial charge in [-0.25, -0.2) is 0 Å². The summed E-state index contributed by atoms with van der Waals surface area (Å²) in [7, 11) is 0. The van der Waals surface area contributed by atoms with Gasteiger partial charge < -0.3 is 10.2 Å². The normalized spacial score (nSPS) is 19.8. The van der Waals surface area contributed by atoms with E-state index in [4.69, 9.17) is 0 Å². The molecule has 140 valence electrons. The number of rotatable bonds is 5. The Morgan fingerprint density at radius 3 is 2.73 bits per heavy atom. The van der Waals surface area contributed by atoms with Crippen LogP contribution >= 0.6 is 11.3 Å². The van der Waals surface area contributed by atoms with Gasteiger partial charge in [0.2, 0.25) is 5.91 Å². The topological polar surface area (TPSA) is 61.0 Å². The molecular formula is C20H28N4OS. The SMILES string of the molecule is O=C(CCc1cccs1)N1CCC(c2cc(C3CCNCC3)n[nH]2)CC1. The number of piperidine rings is 2. The highest BCUT2D eigenvalue weighted by molar-refractivity contribution is 7.09. The van der Waals surface area contributed by atoms with Crippen LogP contribution in [0.1, 0.15) is 60.2 Å². The van der Waals surface area contributed by atoms with E-state index in [2.05, 4.69) is 39.1 Å². The number of aryl methyl sites for hydroxylation is 1. The second-order valence-corrected chi connectivity index (χ2v) is 8.54. The Bertz CT molecular complexity index is 697. The summed E-state index contributed by atoms with van der Waals surface area (Å²) < 4.78 is 0. The van der Waals surface area contributed by atoms with Crippen molar-refractivity contribution < 1.29 is 4.79 Å². The van der Waals surface area contributed by atoms with Crippen molar-refractivity contribution in [1.82, 2.24) is 20.4 Å². The highest BCUT2D eigenvalue weighted by atomic mass is 32.1. The molecule has 2 fully saturated rings. The number of aromatic nitrogens is 2. The molecule has 1 amide bonds. The fraction of sp³-hybridized carbons (Fsp3) is 0.600. The van der Waals surface area contributed by atoms with Crippen LogP contribution in [0.5, 0.6) is 0 Å². The van der Waals surface area contributed by atoms with Gasteiger partial charge in [-0.3, -0.25) is 9.89 Å². The number of amides is 1. The molecule has 0 saturated carbocycles. The number of carbonyl (C=O) groups is 1. The van der Waals surface area contributed by atoms with E-state index in [1.807, 2.05) is 4.90 Å². The molecule has 0 radical (unpaired) electrons. The van der Waals surface area contributed by atoms with E-state index in [1.54, 1.807) is 11.3 Å². The summed E-state index contributed by atoms with van der Waals surface area (Å²) in [6.07, 6.45) is 5.95. The first-order chi connectivity index (χ1) is 12.8. The molecule has 0 bridgehead atoms. The average Bonchev–Trinajstić information content (AvgIpc) is 3.39. The molecule has 6 heteroatoms. The minimum atomic E-state index is 0.303. The summed E-state index contributed by atoms with van der Waals surface area (Å²) in [4.78, 5) is 15.8. The standard InChI is InChI=1S/C20H28N4OS/c25-20(4-3-17-2-1-13-26-17)24-11-7-16(8-12-24)19-14-18(22-23-19)15-5-9-21-10-6-15/h1-2,13-16,21H,3-12H2,(H,22,23). The molecule has 4 rings (SSSR count). The number of carbonyl (C=O) groups excluding carboxylic acids is 1. The van der Waals surface area contributed by atoms with Crippen molar-refractivity contribution in [3.63, 3.8) is 0 Å². The lowest BCUT2D eigenvalue weighted by Gasteiger charge is -2.31. The van der Waals surface area contributed by atoms with Crippen LogP contribution in [-0.4, -0.2) is 47.2 Å². The van der Waals surface area contributed by atoms with Crippen molar-refractivity contribution in [3.05, 3.63) is 39.8 Å². The van der Waals surface area contributed by atoms with Crippen LogP contribution in [0.25, 0.3) is 0 Å². The van der Waals surface area contributed by atoms with Crippen LogP contribution in [0.2, 0.25) is 0 Å². The molecule has 5 nitrogen and oxygen atoms in total. The number of aromatic amines is 1. The summed E-state index contributed by atoms with van der Waals surface area (Å²) >= 11 is 1.74. The van der Waals surface area contributed by atoms with Crippen LogP contribution < -0.4 is 5.32 Å². The summed E-state index contributed by atoms with van der Waals surface area (Å²) in [6, 6.07) is 6.45. The van der Waals surface area contributed by atoms with Gasteiger partial charge in [0.25, 0.3) is 0 Å². The van der Waals surface area contributed by atoms with Crippen molar-refractivity contribution in [2.75, 3.05) is 26.2 Å². The van der Waals surface area contributed by atoms with Gasteiger partial charge in [-0.1, -0.05) is 6.07 Å². The molecule has 0 aliphatic carbocycles. The molecule has 0 spiro atoms. The molecular weight excluding hydrogens is 344 g/mol. The quantitative estimate of drug-likeness (QED) is 0.847. The summed E-state index contributed by atoms with van der Waals surface area (Å²) in [6.45, 7) is 3.93. The molecule has 2 aliphatic rings. The van der Waals surface area contributed by atoms with Gasteiger partial charge in [0.05, 0.1) is 5.69 Å². The molecule has 2 saturated heterocycles. The minimum absolute atomic E-state index is 0.303. The van der Waals surface area contributed by atoms with Crippen LogP contribution in [0.3, 0.4) is 0 Å². The molecule has 0 aromatic carbocycles. The number of H-pyrrole nitrogens is 1. The van der Waals surface area contributed by atoms with E-state index < -0.39 is 0 Å². The van der Waals surface area contributed by atoms with Gasteiger partial charge >= 0.3 is 0 Å². The van der Waals surface area contributed by atoms with Crippen LogP contribution in [-0.2, 0) is 11.2 Å². The lowest BCUT2D eigenvalue weighted by atomic mass is 9.90. The van der Waals surface area contributed by atoms with Crippen molar-refractivity contribution in [3.8, 4) is 0 Å². The van der Waals surface area contributed by atoms with Gasteiger partial charge in [0.1, 0.15) is 0 Å². The summed E-state index contributed by atoms with van der Waals surface area (Å²) in [5.41, 5.74) is 2.50. The minimum Gasteiger partial charge on any atom is -0.343 e. The predicted octanol–water partition coefficient (Wildman–Crippen LogP) is 3.28. The van der Waals surface area contributed by atoms with E-state index in [-0.39, 0.29) is 0 Å². The van der Waals surface area contributed by atoms with Crippen molar-refractivity contribution in [2.45, 2.75) is 50.4 Å². The zero-order valence-corrected chi connectivity index (χ0v) is 16.1. The van der Waals surface area contributed by atoms with E-state index in [0.29, 0.717) is 24.2 Å². The van der Waals surface area contributed by atoms with Gasteiger partial charge in [-0.2, -0.15) is 5.10 Å². The maximum atomic E-state index is 12.5. The van der Waals surface area contributed by atoms with E-state index in [9.17, 15) is 4.79 Å². The average molecular weight is 373 g/mol. The number of hydrogen-bond donors (Lipinski definition) is 2. The van der Waals surface area contributed by atoms with Crippen LogP contribution in [0.15, 0.2) is 23.6 Å². The Kier molecular flexibility index (Phi) is 5.70. The van der Waals surface area contributed by atoms with E-state index >= 15 is 0 Å². The molecule has 0 atom stereocenters. The van der Waals surface area contributed by atoms with Gasteiger partial charge in [-0.15, -0.1) is 11.3 Å². The molecule has 2 N–H and O–H groups in total. The zero-order valence-electron chi connectivity index (χ0n) is 15.2. The first kappa shape index (κ1) is 17.7. The number of hydrogen-bond acceptors (Lipinski definition) is 4. The Morgan fingerprint density at radius 1 is 1.19 bits per heavy atom. The van der Waals surface area contributed by atoms with Gasteiger partial charge in [-0.05, 0) is 62.7 Å². The summed E-state index contributed by atoms with van der Waals surface area (Å²) in [5.74, 6) is 1.41. The predicted molar refractivity (Wildman–Crippen MR) is 105 cm³/mol. The Morgan fingerprint density at radius 2 is 2.00 bits per heavy atom. The summed E-state index contributed by atoms with van der Waals surface area (Å²) in [5, 5.41) is 13.4. The van der Waals surface area contributed by atoms with Gasteiger partial charge in [0.15, 0.2) is 0 Å². The Balaban J connectivity index is 1.26. The van der Waals surface area contributed by atoms with Gasteiger partial charge in [0, 0.05) is 41.9 Å². The zero-order chi connectivity index (χ0) is 17.8. The van der Waals surface area contributed by atoms with Crippen molar-refractivity contribution >= 4 is 17.2 Å². The number of thiophene rings is 1. The number of likely N-dealkylation sites (tertiary alicyclic amines) is 1. The first-order valence-electron chi connectivity index (χ1n) is 9.85. The van der Waals surface area contributed by atoms with Crippen molar-refractivity contribution in [1.29, 1.82) is 0 Å². The molecule has 2 aromatic heterocycles. The molecule has 26 heavy (non-hydrogen) atoms. The Labute approximate surface area is 159 Å².